The molecule has 0 spiro atoms. The minimum Gasteiger partial charge on any atom is -0.497 e. The van der Waals surface area contributed by atoms with Gasteiger partial charge >= 0.3 is 11.9 Å². The highest BCUT2D eigenvalue weighted by Crippen LogP contribution is 2.22. The fourth-order valence-corrected chi connectivity index (χ4v) is 2.71. The molecule has 0 saturated heterocycles. The summed E-state index contributed by atoms with van der Waals surface area (Å²) in [5.74, 6) is -0.204. The summed E-state index contributed by atoms with van der Waals surface area (Å²) in [6.07, 6.45) is 0. The van der Waals surface area contributed by atoms with Crippen LogP contribution in [0, 0.1) is 6.92 Å². The fraction of sp³-hybridized carbons (Fsp3) is 0.190. The lowest BCUT2D eigenvalue weighted by molar-refractivity contribution is 0.0471. The first-order chi connectivity index (χ1) is 13.0. The molecule has 0 aliphatic carbocycles. The zero-order valence-electron chi connectivity index (χ0n) is 15.3. The van der Waals surface area contributed by atoms with Crippen molar-refractivity contribution in [3.05, 3.63) is 70.9 Å². The van der Waals surface area contributed by atoms with Crippen molar-refractivity contribution in [3.63, 3.8) is 0 Å². The predicted molar refractivity (Wildman–Crippen MR) is 99.9 cm³/mol. The Labute approximate surface area is 156 Å². The zero-order chi connectivity index (χ0) is 19.4. The van der Waals surface area contributed by atoms with Gasteiger partial charge in [-0.2, -0.15) is 0 Å². The van der Waals surface area contributed by atoms with E-state index in [0.29, 0.717) is 28.1 Å². The maximum Gasteiger partial charge on any atom is 0.340 e. The minimum atomic E-state index is -0.471. The molecular formula is C21H19NO5. The Kier molecular flexibility index (Phi) is 5.35. The molecule has 0 aliphatic heterocycles. The summed E-state index contributed by atoms with van der Waals surface area (Å²) in [6.45, 7) is 1.80. The fourth-order valence-electron chi connectivity index (χ4n) is 2.71. The van der Waals surface area contributed by atoms with E-state index in [4.69, 9.17) is 14.2 Å². The number of carbonyl (C=O) groups excluding carboxylic acids is 2. The molecule has 0 bridgehead atoms. The molecule has 0 amide bonds. The van der Waals surface area contributed by atoms with Crippen LogP contribution in [-0.2, 0) is 16.1 Å². The maximum atomic E-state index is 12.5. The second-order valence-corrected chi connectivity index (χ2v) is 5.95. The molecular weight excluding hydrogens is 346 g/mol. The van der Waals surface area contributed by atoms with E-state index in [1.165, 1.54) is 7.11 Å². The number of hydrogen-bond acceptors (Lipinski definition) is 6. The van der Waals surface area contributed by atoms with Gasteiger partial charge in [0, 0.05) is 11.5 Å². The molecule has 2 aromatic carbocycles. The number of aryl methyl sites for hydroxylation is 1. The van der Waals surface area contributed by atoms with Gasteiger partial charge in [-0.05, 0) is 42.8 Å². The lowest BCUT2D eigenvalue weighted by Gasteiger charge is -2.10. The van der Waals surface area contributed by atoms with E-state index >= 15 is 0 Å². The highest BCUT2D eigenvalue weighted by molar-refractivity contribution is 5.95. The number of benzene rings is 2. The van der Waals surface area contributed by atoms with E-state index < -0.39 is 11.9 Å². The van der Waals surface area contributed by atoms with Crippen molar-refractivity contribution in [1.82, 2.24) is 4.98 Å². The number of hydrogen-bond donors (Lipinski definition) is 0. The highest BCUT2D eigenvalue weighted by Gasteiger charge is 2.14. The normalized spacial score (nSPS) is 10.5. The second-order valence-electron chi connectivity index (χ2n) is 5.95. The van der Waals surface area contributed by atoms with Crippen LogP contribution in [0.5, 0.6) is 5.75 Å². The van der Waals surface area contributed by atoms with Crippen molar-refractivity contribution < 1.29 is 23.8 Å². The van der Waals surface area contributed by atoms with Crippen molar-refractivity contribution in [1.29, 1.82) is 0 Å². The molecule has 3 rings (SSSR count). The average Bonchev–Trinajstić information content (AvgIpc) is 2.70. The summed E-state index contributed by atoms with van der Waals surface area (Å²) in [6, 6.07) is 14.0. The second kappa shape index (κ2) is 7.86. The SMILES string of the molecule is COC(=O)c1cccc(COC(=O)c2cc3ccc(OC)cc3nc2C)c1. The van der Waals surface area contributed by atoms with Gasteiger partial charge in [-0.15, -0.1) is 0 Å². The van der Waals surface area contributed by atoms with E-state index in [2.05, 4.69) is 4.98 Å². The Bertz CT molecular complexity index is 1010. The van der Waals surface area contributed by atoms with Gasteiger partial charge in [0.05, 0.1) is 36.6 Å². The molecule has 138 valence electrons. The molecule has 0 unspecified atom stereocenters. The quantitative estimate of drug-likeness (QED) is 0.642. The molecule has 0 saturated carbocycles. The molecule has 3 aromatic rings. The number of pyridine rings is 1. The average molecular weight is 365 g/mol. The number of esters is 2. The number of aromatic nitrogens is 1. The Balaban J connectivity index is 1.78. The number of fused-ring (bicyclic) bond motifs is 1. The molecule has 27 heavy (non-hydrogen) atoms. The molecule has 6 heteroatoms. The highest BCUT2D eigenvalue weighted by atomic mass is 16.5. The predicted octanol–water partition coefficient (Wildman–Crippen LogP) is 3.70. The first-order valence-electron chi connectivity index (χ1n) is 8.31. The van der Waals surface area contributed by atoms with Gasteiger partial charge in [0.15, 0.2) is 0 Å². The summed E-state index contributed by atoms with van der Waals surface area (Å²) >= 11 is 0. The van der Waals surface area contributed by atoms with Crippen LogP contribution in [0.4, 0.5) is 0 Å². The smallest absolute Gasteiger partial charge is 0.340 e. The minimum absolute atomic E-state index is 0.0454. The lowest BCUT2D eigenvalue weighted by Crippen LogP contribution is -2.09. The van der Waals surface area contributed by atoms with Gasteiger partial charge < -0.3 is 14.2 Å². The molecule has 0 N–H and O–H groups in total. The third kappa shape index (κ3) is 4.06. The zero-order valence-corrected chi connectivity index (χ0v) is 15.3. The summed E-state index contributed by atoms with van der Waals surface area (Å²) in [5, 5.41) is 0.820. The van der Waals surface area contributed by atoms with E-state index in [0.717, 1.165) is 10.9 Å². The van der Waals surface area contributed by atoms with Crippen LogP contribution in [-0.4, -0.2) is 31.1 Å². The first kappa shape index (κ1) is 18.4. The number of nitrogens with zero attached hydrogens (tertiary/aromatic N) is 1. The van der Waals surface area contributed by atoms with E-state index in [1.807, 2.05) is 18.2 Å². The summed E-state index contributed by atoms with van der Waals surface area (Å²) in [4.78, 5) is 28.6. The van der Waals surface area contributed by atoms with E-state index in [1.54, 1.807) is 44.4 Å². The maximum absolute atomic E-state index is 12.5. The van der Waals surface area contributed by atoms with Crippen molar-refractivity contribution in [2.75, 3.05) is 14.2 Å². The summed E-state index contributed by atoms with van der Waals surface area (Å²) in [5.41, 5.74) is 2.82. The van der Waals surface area contributed by atoms with Crippen LogP contribution < -0.4 is 4.74 Å². The van der Waals surface area contributed by atoms with Crippen LogP contribution in [0.25, 0.3) is 10.9 Å². The molecule has 6 nitrogen and oxygen atoms in total. The van der Waals surface area contributed by atoms with Crippen LogP contribution in [0.3, 0.4) is 0 Å². The molecule has 0 atom stereocenters. The topological polar surface area (TPSA) is 74.7 Å². The van der Waals surface area contributed by atoms with Gasteiger partial charge in [-0.25, -0.2) is 9.59 Å². The van der Waals surface area contributed by atoms with Crippen molar-refractivity contribution >= 4 is 22.8 Å². The Morgan fingerprint density at radius 1 is 1.00 bits per heavy atom. The molecule has 1 aromatic heterocycles. The van der Waals surface area contributed by atoms with Gasteiger partial charge in [0.2, 0.25) is 0 Å². The molecule has 1 heterocycles. The van der Waals surface area contributed by atoms with Crippen molar-refractivity contribution in [2.24, 2.45) is 0 Å². The van der Waals surface area contributed by atoms with Gasteiger partial charge in [-0.1, -0.05) is 12.1 Å². The molecule has 0 radical (unpaired) electrons. The summed E-state index contributed by atoms with van der Waals surface area (Å²) in [7, 11) is 2.91. The third-order valence-electron chi connectivity index (χ3n) is 4.15. The standard InChI is InChI=1S/C21H19NO5/c1-13-18(10-15-7-8-17(25-2)11-19(15)22-13)21(24)27-12-14-5-4-6-16(9-14)20(23)26-3/h4-11H,12H2,1-3H3. The van der Waals surface area contributed by atoms with E-state index in [-0.39, 0.29) is 6.61 Å². The molecule has 0 fully saturated rings. The summed E-state index contributed by atoms with van der Waals surface area (Å²) < 4.78 is 15.3. The third-order valence-corrected chi connectivity index (χ3v) is 4.15. The first-order valence-corrected chi connectivity index (χ1v) is 8.31. The Hall–Kier alpha value is -3.41. The number of carbonyl (C=O) groups is 2. The molecule has 0 aliphatic rings. The Morgan fingerprint density at radius 3 is 2.56 bits per heavy atom. The van der Waals surface area contributed by atoms with Crippen molar-refractivity contribution in [2.45, 2.75) is 13.5 Å². The van der Waals surface area contributed by atoms with Crippen LogP contribution in [0.1, 0.15) is 32.0 Å². The van der Waals surface area contributed by atoms with Gasteiger partial charge in [-0.3, -0.25) is 4.98 Å². The number of methoxy groups -OCH3 is 2. The van der Waals surface area contributed by atoms with Gasteiger partial charge in [0.25, 0.3) is 0 Å². The monoisotopic (exact) mass is 365 g/mol. The number of ether oxygens (including phenoxy) is 3. The number of rotatable bonds is 5. The van der Waals surface area contributed by atoms with E-state index in [9.17, 15) is 9.59 Å². The van der Waals surface area contributed by atoms with Crippen LogP contribution in [0.2, 0.25) is 0 Å². The Morgan fingerprint density at radius 2 is 1.81 bits per heavy atom. The lowest BCUT2D eigenvalue weighted by atomic mass is 10.1. The van der Waals surface area contributed by atoms with Crippen molar-refractivity contribution in [3.8, 4) is 5.75 Å². The van der Waals surface area contributed by atoms with Crippen LogP contribution >= 0.6 is 0 Å². The van der Waals surface area contributed by atoms with Gasteiger partial charge in [0.1, 0.15) is 12.4 Å². The largest absolute Gasteiger partial charge is 0.497 e. The van der Waals surface area contributed by atoms with Crippen LogP contribution in [0.15, 0.2) is 48.5 Å².